The summed E-state index contributed by atoms with van der Waals surface area (Å²) < 4.78 is 1.80. The number of nitrogens with two attached hydrogens (primary N) is 2. The zero-order chi connectivity index (χ0) is 14.4. The maximum atomic E-state index is 11.5. The van der Waals surface area contributed by atoms with Gasteiger partial charge in [-0.25, -0.2) is 0 Å². The predicted octanol–water partition coefficient (Wildman–Crippen LogP) is 0.827. The summed E-state index contributed by atoms with van der Waals surface area (Å²) in [6, 6.07) is 0. The maximum absolute atomic E-state index is 11.5. The lowest BCUT2D eigenvalue weighted by molar-refractivity contribution is -0.125. The fourth-order valence-electron chi connectivity index (χ4n) is 2.70. The van der Waals surface area contributed by atoms with Crippen LogP contribution >= 0.6 is 0 Å². The third kappa shape index (κ3) is 2.15. The fraction of sp³-hybridized carbons (Fsp3) is 0.692. The molecule has 1 unspecified atom stereocenters. The van der Waals surface area contributed by atoms with Crippen LogP contribution in [0, 0.1) is 5.41 Å². The fourth-order valence-corrected chi connectivity index (χ4v) is 2.70. The minimum absolute atomic E-state index is 0.250. The summed E-state index contributed by atoms with van der Waals surface area (Å²) in [5, 5.41) is 4.48. The molecule has 1 atom stereocenters. The quantitative estimate of drug-likeness (QED) is 0.847. The van der Waals surface area contributed by atoms with Crippen molar-refractivity contribution in [2.75, 3.05) is 23.7 Å². The number of aryl methyl sites for hydroxylation is 1. The first-order valence-electron chi connectivity index (χ1n) is 6.63. The van der Waals surface area contributed by atoms with E-state index in [2.05, 4.69) is 23.8 Å². The van der Waals surface area contributed by atoms with E-state index in [0.717, 1.165) is 24.5 Å². The normalized spacial score (nSPS) is 23.3. The third-order valence-electron chi connectivity index (χ3n) is 4.00. The number of amides is 1. The van der Waals surface area contributed by atoms with Crippen LogP contribution in [-0.2, 0) is 11.8 Å². The van der Waals surface area contributed by atoms with Gasteiger partial charge >= 0.3 is 0 Å². The molecule has 0 bridgehead atoms. The van der Waals surface area contributed by atoms with Crippen molar-refractivity contribution in [3.05, 3.63) is 5.69 Å². The molecule has 4 N–H and O–H groups in total. The number of carbonyl (C=O) groups excluding carboxylic acids is 1. The molecule has 0 saturated carbocycles. The molecule has 1 amide bonds. The van der Waals surface area contributed by atoms with Gasteiger partial charge < -0.3 is 16.4 Å². The van der Waals surface area contributed by atoms with Crippen molar-refractivity contribution >= 4 is 17.4 Å². The first kappa shape index (κ1) is 13.7. The molecule has 1 aliphatic rings. The number of hydrogen-bond donors (Lipinski definition) is 2. The second kappa shape index (κ2) is 4.43. The Hall–Kier alpha value is -1.72. The minimum Gasteiger partial charge on any atom is -0.394 e. The van der Waals surface area contributed by atoms with Crippen molar-refractivity contribution in [3.8, 4) is 0 Å². The number of aromatic nitrogens is 2. The van der Waals surface area contributed by atoms with Gasteiger partial charge in [-0.15, -0.1) is 0 Å². The summed E-state index contributed by atoms with van der Waals surface area (Å²) in [5.41, 5.74) is 12.8. The standard InChI is InChI=1S/C13H23N5O/c1-8(2)10-9(14)11(17(4)16-10)18-6-5-13(3,7-18)12(15)19/h8H,5-7,14H2,1-4H3,(H2,15,19). The second-order valence-electron chi connectivity index (χ2n) is 6.00. The van der Waals surface area contributed by atoms with Crippen molar-refractivity contribution in [1.82, 2.24) is 9.78 Å². The van der Waals surface area contributed by atoms with Gasteiger partial charge in [0.15, 0.2) is 0 Å². The van der Waals surface area contributed by atoms with E-state index >= 15 is 0 Å². The van der Waals surface area contributed by atoms with Crippen LogP contribution in [0.25, 0.3) is 0 Å². The Morgan fingerprint density at radius 3 is 2.53 bits per heavy atom. The first-order chi connectivity index (χ1) is 8.76. The Kier molecular flexibility index (Phi) is 3.20. The number of nitrogen functional groups attached to an aromatic ring is 1. The van der Waals surface area contributed by atoms with Crippen molar-refractivity contribution < 1.29 is 4.79 Å². The highest BCUT2D eigenvalue weighted by Crippen LogP contribution is 2.37. The molecule has 1 aromatic heterocycles. The van der Waals surface area contributed by atoms with Crippen LogP contribution in [0.2, 0.25) is 0 Å². The lowest BCUT2D eigenvalue weighted by Crippen LogP contribution is -2.37. The van der Waals surface area contributed by atoms with Gasteiger partial charge in [-0.2, -0.15) is 5.10 Å². The molecule has 1 fully saturated rings. The van der Waals surface area contributed by atoms with Crippen molar-refractivity contribution in [1.29, 1.82) is 0 Å². The zero-order valence-corrected chi connectivity index (χ0v) is 12.1. The third-order valence-corrected chi connectivity index (χ3v) is 4.00. The molecule has 1 aromatic rings. The van der Waals surface area contributed by atoms with Crippen LogP contribution < -0.4 is 16.4 Å². The molecule has 0 radical (unpaired) electrons. The van der Waals surface area contributed by atoms with Crippen molar-refractivity contribution in [2.45, 2.75) is 33.1 Å². The molecule has 0 spiro atoms. The molecule has 6 heteroatoms. The van der Waals surface area contributed by atoms with Crippen LogP contribution in [0.1, 0.15) is 38.8 Å². The van der Waals surface area contributed by atoms with Gasteiger partial charge in [0.2, 0.25) is 5.91 Å². The second-order valence-corrected chi connectivity index (χ2v) is 6.00. The van der Waals surface area contributed by atoms with E-state index in [1.54, 1.807) is 4.68 Å². The topological polar surface area (TPSA) is 90.2 Å². The van der Waals surface area contributed by atoms with Gasteiger partial charge in [0.05, 0.1) is 16.8 Å². The molecule has 2 heterocycles. The highest BCUT2D eigenvalue weighted by atomic mass is 16.1. The minimum atomic E-state index is -0.477. The first-order valence-corrected chi connectivity index (χ1v) is 6.63. The molecule has 2 rings (SSSR count). The molecule has 19 heavy (non-hydrogen) atoms. The van der Waals surface area contributed by atoms with Crippen molar-refractivity contribution in [2.24, 2.45) is 18.2 Å². The van der Waals surface area contributed by atoms with Gasteiger partial charge in [0, 0.05) is 20.1 Å². The van der Waals surface area contributed by atoms with Crippen LogP contribution in [0.15, 0.2) is 0 Å². The highest BCUT2D eigenvalue weighted by Gasteiger charge is 2.40. The predicted molar refractivity (Wildman–Crippen MR) is 75.8 cm³/mol. The molecule has 0 aliphatic carbocycles. The number of rotatable bonds is 3. The van der Waals surface area contributed by atoms with E-state index < -0.39 is 5.41 Å². The average molecular weight is 265 g/mol. The van der Waals surface area contributed by atoms with Gasteiger partial charge in [-0.05, 0) is 19.3 Å². The molecule has 1 aliphatic heterocycles. The summed E-state index contributed by atoms with van der Waals surface area (Å²) >= 11 is 0. The van der Waals surface area contributed by atoms with Gasteiger partial charge in [0.25, 0.3) is 0 Å². The number of carbonyl (C=O) groups is 1. The molecular formula is C13H23N5O. The van der Waals surface area contributed by atoms with Gasteiger partial charge in [0.1, 0.15) is 5.82 Å². The van der Waals surface area contributed by atoms with Gasteiger partial charge in [-0.3, -0.25) is 9.48 Å². The van der Waals surface area contributed by atoms with Crippen LogP contribution in [0.4, 0.5) is 11.5 Å². The molecule has 106 valence electrons. The lowest BCUT2D eigenvalue weighted by atomic mass is 9.89. The molecule has 1 saturated heterocycles. The zero-order valence-electron chi connectivity index (χ0n) is 12.1. The smallest absolute Gasteiger partial charge is 0.225 e. The Balaban J connectivity index is 2.32. The van der Waals surface area contributed by atoms with Gasteiger partial charge in [-0.1, -0.05) is 13.8 Å². The van der Waals surface area contributed by atoms with Crippen molar-refractivity contribution in [3.63, 3.8) is 0 Å². The summed E-state index contributed by atoms with van der Waals surface area (Å²) in [4.78, 5) is 13.6. The Labute approximate surface area is 113 Å². The van der Waals surface area contributed by atoms with Crippen LogP contribution in [0.3, 0.4) is 0 Å². The van der Waals surface area contributed by atoms with E-state index in [4.69, 9.17) is 11.5 Å². The summed E-state index contributed by atoms with van der Waals surface area (Å²) in [6.45, 7) is 7.43. The van der Waals surface area contributed by atoms with E-state index in [1.165, 1.54) is 0 Å². The SMILES string of the molecule is CC(C)c1nn(C)c(N2CCC(C)(C(N)=O)C2)c1N. The summed E-state index contributed by atoms with van der Waals surface area (Å²) in [6.07, 6.45) is 0.754. The maximum Gasteiger partial charge on any atom is 0.225 e. The van der Waals surface area contributed by atoms with E-state index in [0.29, 0.717) is 12.2 Å². The number of anilines is 2. The van der Waals surface area contributed by atoms with E-state index in [1.807, 2.05) is 14.0 Å². The number of primary amides is 1. The number of hydrogen-bond acceptors (Lipinski definition) is 4. The Morgan fingerprint density at radius 2 is 2.11 bits per heavy atom. The van der Waals surface area contributed by atoms with Crippen LogP contribution in [0.5, 0.6) is 0 Å². The number of nitrogens with zero attached hydrogens (tertiary/aromatic N) is 3. The lowest BCUT2D eigenvalue weighted by Gasteiger charge is -2.22. The van der Waals surface area contributed by atoms with Crippen LogP contribution in [-0.4, -0.2) is 28.8 Å². The molecular weight excluding hydrogens is 242 g/mol. The average Bonchev–Trinajstić information content (AvgIpc) is 2.81. The largest absolute Gasteiger partial charge is 0.394 e. The Bertz CT molecular complexity index is 507. The summed E-state index contributed by atoms with van der Waals surface area (Å²) in [7, 11) is 1.89. The summed E-state index contributed by atoms with van der Waals surface area (Å²) in [5.74, 6) is 0.929. The molecule has 0 aromatic carbocycles. The Morgan fingerprint density at radius 1 is 1.47 bits per heavy atom. The monoisotopic (exact) mass is 265 g/mol. The van der Waals surface area contributed by atoms with E-state index in [9.17, 15) is 4.79 Å². The molecule has 6 nitrogen and oxygen atoms in total. The highest BCUT2D eigenvalue weighted by molar-refractivity contribution is 5.82. The van der Waals surface area contributed by atoms with E-state index in [-0.39, 0.29) is 11.8 Å².